The van der Waals surface area contributed by atoms with Crippen molar-refractivity contribution in [2.75, 3.05) is 0 Å². The molecule has 1 heterocycles. The minimum absolute atomic E-state index is 0.137. The van der Waals surface area contributed by atoms with Crippen molar-refractivity contribution in [3.05, 3.63) is 27.5 Å². The smallest absolute Gasteiger partial charge is 0.435 e. The standard InChI is InChI=1S/C13H13F2IN2O2/c1-13(2,3)20-12(19)18-8-6-4-5-7(10(14)15)9(8)11(16)17-18/h4-6,10H,1-3H3. The number of ether oxygens (including phenoxy) is 1. The highest BCUT2D eigenvalue weighted by atomic mass is 127. The molecule has 2 rings (SSSR count). The van der Waals surface area contributed by atoms with Crippen LogP contribution < -0.4 is 0 Å². The second-order valence-corrected chi connectivity index (χ2v) is 6.25. The summed E-state index contributed by atoms with van der Waals surface area (Å²) in [5.74, 6) is 0. The molecule has 0 saturated carbocycles. The Bertz CT molecular complexity index is 662. The maximum absolute atomic E-state index is 13.0. The first-order valence-electron chi connectivity index (χ1n) is 5.89. The second kappa shape index (κ2) is 5.27. The van der Waals surface area contributed by atoms with Crippen molar-refractivity contribution < 1.29 is 18.3 Å². The summed E-state index contributed by atoms with van der Waals surface area (Å²) in [7, 11) is 0. The summed E-state index contributed by atoms with van der Waals surface area (Å²) in [4.78, 5) is 12.1. The quantitative estimate of drug-likeness (QED) is 0.676. The van der Waals surface area contributed by atoms with E-state index < -0.39 is 18.1 Å². The Hall–Kier alpha value is -1.25. The second-order valence-electron chi connectivity index (χ2n) is 5.23. The lowest BCUT2D eigenvalue weighted by molar-refractivity contribution is 0.0522. The zero-order chi connectivity index (χ0) is 15.1. The van der Waals surface area contributed by atoms with Crippen LogP contribution in [0.1, 0.15) is 32.8 Å². The predicted molar refractivity (Wildman–Crippen MR) is 79.0 cm³/mol. The summed E-state index contributed by atoms with van der Waals surface area (Å²) in [5, 5.41) is 4.30. The van der Waals surface area contributed by atoms with Gasteiger partial charge in [-0.05, 0) is 49.4 Å². The Kier molecular flexibility index (Phi) is 3.99. The molecule has 0 aliphatic heterocycles. The molecule has 1 aromatic carbocycles. The number of hydrogen-bond donors (Lipinski definition) is 0. The molecule has 0 spiro atoms. The van der Waals surface area contributed by atoms with Crippen LogP contribution in [0.5, 0.6) is 0 Å². The summed E-state index contributed by atoms with van der Waals surface area (Å²) in [6.45, 7) is 5.18. The zero-order valence-electron chi connectivity index (χ0n) is 11.2. The van der Waals surface area contributed by atoms with Crippen molar-refractivity contribution in [2.24, 2.45) is 0 Å². The lowest BCUT2D eigenvalue weighted by Crippen LogP contribution is -2.27. The topological polar surface area (TPSA) is 44.1 Å². The molecule has 2 aromatic rings. The van der Waals surface area contributed by atoms with Gasteiger partial charge in [-0.1, -0.05) is 12.1 Å². The van der Waals surface area contributed by atoms with Gasteiger partial charge >= 0.3 is 6.09 Å². The summed E-state index contributed by atoms with van der Waals surface area (Å²) < 4.78 is 32.6. The minimum atomic E-state index is -2.62. The van der Waals surface area contributed by atoms with Crippen LogP contribution in [-0.2, 0) is 4.74 Å². The molecule has 4 nitrogen and oxygen atoms in total. The number of carbonyl (C=O) groups excluding carboxylic acids is 1. The molecule has 0 saturated heterocycles. The van der Waals surface area contributed by atoms with Gasteiger partial charge in [-0.15, -0.1) is 0 Å². The maximum Gasteiger partial charge on any atom is 0.435 e. The fourth-order valence-corrected chi connectivity index (χ4v) is 2.58. The molecule has 0 fully saturated rings. The van der Waals surface area contributed by atoms with Gasteiger partial charge in [0.15, 0.2) is 0 Å². The maximum atomic E-state index is 13.0. The minimum Gasteiger partial charge on any atom is -0.442 e. The van der Waals surface area contributed by atoms with E-state index in [9.17, 15) is 13.6 Å². The number of rotatable bonds is 1. The van der Waals surface area contributed by atoms with Crippen molar-refractivity contribution in [3.8, 4) is 0 Å². The lowest BCUT2D eigenvalue weighted by Gasteiger charge is -2.19. The first kappa shape index (κ1) is 15.1. The number of halogens is 3. The van der Waals surface area contributed by atoms with E-state index in [2.05, 4.69) is 5.10 Å². The van der Waals surface area contributed by atoms with E-state index in [-0.39, 0.29) is 10.9 Å². The predicted octanol–water partition coefficient (Wildman–Crippen LogP) is 4.36. The molecular weight excluding hydrogens is 381 g/mol. The van der Waals surface area contributed by atoms with E-state index in [1.165, 1.54) is 12.1 Å². The van der Waals surface area contributed by atoms with Crippen LogP contribution in [0, 0.1) is 3.70 Å². The van der Waals surface area contributed by atoms with Crippen LogP contribution in [-0.4, -0.2) is 21.5 Å². The van der Waals surface area contributed by atoms with E-state index >= 15 is 0 Å². The molecule has 0 aliphatic rings. The molecule has 0 unspecified atom stereocenters. The van der Waals surface area contributed by atoms with Gasteiger partial charge in [0.05, 0.1) is 5.52 Å². The van der Waals surface area contributed by atoms with Gasteiger partial charge in [0.1, 0.15) is 9.30 Å². The van der Waals surface area contributed by atoms with Crippen molar-refractivity contribution >= 4 is 39.6 Å². The number of fused-ring (bicyclic) bond motifs is 1. The molecule has 0 atom stereocenters. The van der Waals surface area contributed by atoms with Gasteiger partial charge in [-0.3, -0.25) is 0 Å². The van der Waals surface area contributed by atoms with Gasteiger partial charge in [0.25, 0.3) is 6.43 Å². The van der Waals surface area contributed by atoms with Crippen LogP contribution >= 0.6 is 22.6 Å². The highest BCUT2D eigenvalue weighted by molar-refractivity contribution is 14.1. The Labute approximate surface area is 128 Å². The highest BCUT2D eigenvalue weighted by Gasteiger charge is 2.24. The third-order valence-corrected chi connectivity index (χ3v) is 3.25. The third kappa shape index (κ3) is 2.92. The van der Waals surface area contributed by atoms with Gasteiger partial charge in [0, 0.05) is 10.9 Å². The van der Waals surface area contributed by atoms with Gasteiger partial charge in [-0.25, -0.2) is 13.6 Å². The molecule has 0 bridgehead atoms. The summed E-state index contributed by atoms with van der Waals surface area (Å²) in [6, 6.07) is 4.37. The first-order chi connectivity index (χ1) is 9.20. The molecule has 0 radical (unpaired) electrons. The average molecular weight is 394 g/mol. The average Bonchev–Trinajstić information content (AvgIpc) is 2.65. The Balaban J connectivity index is 2.57. The molecule has 20 heavy (non-hydrogen) atoms. The molecular formula is C13H13F2IN2O2. The van der Waals surface area contributed by atoms with Crippen molar-refractivity contribution in [2.45, 2.75) is 32.8 Å². The van der Waals surface area contributed by atoms with E-state index in [0.717, 1.165) is 4.68 Å². The number of alkyl halides is 2. The number of aromatic nitrogens is 2. The monoisotopic (exact) mass is 394 g/mol. The van der Waals surface area contributed by atoms with Crippen LogP contribution in [0.15, 0.2) is 18.2 Å². The van der Waals surface area contributed by atoms with E-state index in [1.54, 1.807) is 26.8 Å². The SMILES string of the molecule is CC(C)(C)OC(=O)n1nc(I)c2c(C(F)F)cccc21. The summed E-state index contributed by atoms with van der Waals surface area (Å²) in [5.41, 5.74) is -0.496. The summed E-state index contributed by atoms with van der Waals surface area (Å²) >= 11 is 1.84. The van der Waals surface area contributed by atoms with Gasteiger partial charge in [0.2, 0.25) is 0 Å². The van der Waals surface area contributed by atoms with E-state index in [1.807, 2.05) is 22.6 Å². The Morgan fingerprint density at radius 3 is 2.60 bits per heavy atom. The molecule has 7 heteroatoms. The van der Waals surface area contributed by atoms with Crippen LogP contribution in [0.3, 0.4) is 0 Å². The molecule has 108 valence electrons. The van der Waals surface area contributed by atoms with Crippen molar-refractivity contribution in [3.63, 3.8) is 0 Å². The number of benzene rings is 1. The van der Waals surface area contributed by atoms with Crippen molar-refractivity contribution in [1.82, 2.24) is 9.78 Å². The Morgan fingerprint density at radius 2 is 2.05 bits per heavy atom. The van der Waals surface area contributed by atoms with Gasteiger partial charge < -0.3 is 4.74 Å². The third-order valence-electron chi connectivity index (χ3n) is 2.50. The zero-order valence-corrected chi connectivity index (χ0v) is 13.3. The molecule has 0 N–H and O–H groups in total. The number of nitrogens with zero attached hydrogens (tertiary/aromatic N) is 2. The first-order valence-corrected chi connectivity index (χ1v) is 6.97. The fraction of sp³-hybridized carbons (Fsp3) is 0.385. The van der Waals surface area contributed by atoms with Crippen LogP contribution in [0.25, 0.3) is 10.9 Å². The van der Waals surface area contributed by atoms with Crippen LogP contribution in [0.2, 0.25) is 0 Å². The van der Waals surface area contributed by atoms with Gasteiger partial charge in [-0.2, -0.15) is 9.78 Å². The van der Waals surface area contributed by atoms with E-state index in [4.69, 9.17) is 4.74 Å². The number of hydrogen-bond acceptors (Lipinski definition) is 3. The molecule has 0 aliphatic carbocycles. The largest absolute Gasteiger partial charge is 0.442 e. The highest BCUT2D eigenvalue weighted by Crippen LogP contribution is 2.31. The fourth-order valence-electron chi connectivity index (χ4n) is 1.78. The Morgan fingerprint density at radius 1 is 1.40 bits per heavy atom. The normalized spacial score (nSPS) is 12.2. The van der Waals surface area contributed by atoms with Crippen LogP contribution in [0.4, 0.5) is 13.6 Å². The van der Waals surface area contributed by atoms with E-state index in [0.29, 0.717) is 9.22 Å². The summed E-state index contributed by atoms with van der Waals surface area (Å²) in [6.07, 6.45) is -3.31. The number of carbonyl (C=O) groups is 1. The van der Waals surface area contributed by atoms with Crippen molar-refractivity contribution in [1.29, 1.82) is 0 Å². The lowest BCUT2D eigenvalue weighted by atomic mass is 10.1. The molecule has 0 amide bonds. The molecule has 1 aromatic heterocycles.